The van der Waals surface area contributed by atoms with Gasteiger partial charge in [-0.3, -0.25) is 63.3 Å². The van der Waals surface area contributed by atoms with Gasteiger partial charge in [-0.1, -0.05) is 0 Å². The van der Waals surface area contributed by atoms with Crippen LogP contribution in [0.25, 0.3) is 0 Å². The molecule has 67 heavy (non-hydrogen) atoms. The fourth-order valence-corrected chi connectivity index (χ4v) is 9.33. The quantitative estimate of drug-likeness (QED) is 0.0165. The summed E-state index contributed by atoms with van der Waals surface area (Å²) in [4.78, 5) is 94.1. The second-order valence-electron chi connectivity index (χ2n) is 13.9. The summed E-state index contributed by atoms with van der Waals surface area (Å²) < 4.78 is 171. The zero-order chi connectivity index (χ0) is 51.9. The number of phosphoric ester groups is 8. The molecule has 0 saturated heterocycles. The maximum atomic E-state index is 12.9. The average Bonchev–Trinajstić information content (AvgIpc) is 3.17. The van der Waals surface area contributed by atoms with Crippen LogP contribution in [0.5, 0.6) is 0 Å². The van der Waals surface area contributed by atoms with Gasteiger partial charge in [-0.25, -0.2) is 36.5 Å². The number of rotatable bonds is 43. The number of nitrogens with zero attached hydrogens (tertiary/aromatic N) is 1. The lowest BCUT2D eigenvalue weighted by Gasteiger charge is -2.29. The van der Waals surface area contributed by atoms with E-state index in [1.807, 2.05) is 0 Å². The van der Waals surface area contributed by atoms with Crippen molar-refractivity contribution in [2.45, 2.75) is 0 Å². The fraction of sp³-hybridized carbons (Fsp3) is 1.00. The van der Waals surface area contributed by atoms with E-state index < -0.39 is 179 Å². The van der Waals surface area contributed by atoms with E-state index in [9.17, 15) is 70.4 Å². The van der Waals surface area contributed by atoms with Gasteiger partial charge in [0.1, 0.15) is 0 Å². The molecule has 13 N–H and O–H groups in total. The molecule has 9 unspecified atom stereocenters. The third-order valence-corrected chi connectivity index (χ3v) is 13.7. The highest BCUT2D eigenvalue weighted by Gasteiger charge is 2.32. The lowest BCUT2D eigenvalue weighted by Crippen LogP contribution is -2.41. The molecule has 0 rings (SSSR count). The third-order valence-electron chi connectivity index (χ3n) is 6.72. The van der Waals surface area contributed by atoms with Gasteiger partial charge in [0, 0.05) is 18.4 Å². The van der Waals surface area contributed by atoms with Gasteiger partial charge in [-0.15, -0.1) is 4.48 Å². The highest BCUT2D eigenvalue weighted by molar-refractivity contribution is 7.49. The van der Waals surface area contributed by atoms with Crippen LogP contribution < -0.4 is 11.3 Å². The van der Waals surface area contributed by atoms with E-state index in [1.54, 1.807) is 21.1 Å². The first-order valence-corrected chi connectivity index (χ1v) is 30.4. The highest BCUT2D eigenvalue weighted by Crippen LogP contribution is 2.49. The number of phosphoric acid groups is 8. The van der Waals surface area contributed by atoms with Crippen LogP contribution in [0.3, 0.4) is 0 Å². The molecule has 0 aliphatic rings. The molecule has 0 aliphatic heterocycles. The van der Waals surface area contributed by atoms with E-state index in [4.69, 9.17) is 29.8 Å². The molecule has 404 valence electrons. The summed E-state index contributed by atoms with van der Waals surface area (Å²) in [6, 6.07) is 0. The summed E-state index contributed by atoms with van der Waals surface area (Å²) in [7, 11) is -34.1. The van der Waals surface area contributed by atoms with Crippen LogP contribution in [0.4, 0.5) is 4.48 Å². The highest BCUT2D eigenvalue weighted by atomic mass is 31.2. The minimum absolute atomic E-state index is 0.184. The molecule has 0 aromatic carbocycles. The Labute approximate surface area is 382 Å². The molecule has 0 fully saturated rings. The smallest absolute Gasteiger partial charge is 0.331 e. The predicted molar refractivity (Wildman–Crippen MR) is 218 cm³/mol. The van der Waals surface area contributed by atoms with Crippen molar-refractivity contribution in [3.05, 3.63) is 0 Å². The van der Waals surface area contributed by atoms with Crippen LogP contribution in [0, 0.1) is 17.8 Å². The second kappa shape index (κ2) is 31.4. The monoisotopic (exact) mass is 1160 g/mol. The topological polar surface area (TPSA) is 506 Å². The molecule has 0 aliphatic carbocycles. The molecule has 0 saturated carbocycles. The van der Waals surface area contributed by atoms with Gasteiger partial charge in [0.25, 0.3) is 0 Å². The van der Waals surface area contributed by atoms with Gasteiger partial charge in [0.05, 0.1) is 126 Å². The third kappa shape index (κ3) is 40.8. The summed E-state index contributed by atoms with van der Waals surface area (Å²) in [5, 5.41) is 0. The molecule has 35 nitrogen and oxygen atoms in total. The van der Waals surface area contributed by atoms with E-state index >= 15 is 0 Å². The molecule has 0 bridgehead atoms. The Morgan fingerprint density at radius 1 is 0.403 bits per heavy atom. The SMILES string of the molecule is C[N+](C)(C)CC(COP(=O)(O)O)COP(=O)(O)OCCOP(=O)(O)OCCOP(=O)(O)OCC(CNF)COP(=O)(O)OCCOP(=O)(O)OCCOP(=O)(O)OCC(CN)COP(=O)(O)O. The Balaban J connectivity index is 4.60. The normalized spacial score (nSPS) is 19.8. The van der Waals surface area contributed by atoms with Gasteiger partial charge in [-0.2, -0.15) is 5.54 Å². The van der Waals surface area contributed by atoms with Crippen LogP contribution in [0.2, 0.25) is 0 Å². The number of quaternary nitrogens is 1. The number of halogens is 1. The first-order valence-electron chi connectivity index (χ1n) is 18.3. The number of nitrogens with two attached hydrogens (primary N) is 1. The lowest BCUT2D eigenvalue weighted by molar-refractivity contribution is -0.874. The van der Waals surface area contributed by atoms with Crippen molar-refractivity contribution < 1.29 is 158 Å². The number of hydrogen-bond donors (Lipinski definition) is 12. The fourth-order valence-electron chi connectivity index (χ4n) is 4.04. The van der Waals surface area contributed by atoms with Crippen molar-refractivity contribution in [1.82, 2.24) is 5.54 Å². The standard InChI is InChI=1S/C23H58FN3O32P8/c1-27(2,3)14-23(19-55-61(31,32)33)20-59-67(44,45)53-11-7-49-63(36,37)48-6-10-52-66(42,43)58-18-22(13-26-24)17-57-65(40,41)51-9-5-47-62(34,35)46-4-8-50-64(38,39)56-16-21(12-25)15-54-60(28,29)30/h21-23,26H,4-20,25H2,1-3H3,(H9-,28,29,30,31,32,33,34,35,36,37,38,39,40,41,42,43,44,45)/p+1. The minimum Gasteiger partial charge on any atom is -0.331 e. The van der Waals surface area contributed by atoms with Crippen molar-refractivity contribution in [3.63, 3.8) is 0 Å². The van der Waals surface area contributed by atoms with E-state index in [1.165, 1.54) is 0 Å². The second-order valence-corrected chi connectivity index (χ2v) is 25.1. The Morgan fingerprint density at radius 3 is 0.866 bits per heavy atom. The van der Waals surface area contributed by atoms with Gasteiger partial charge >= 0.3 is 62.6 Å². The van der Waals surface area contributed by atoms with Crippen molar-refractivity contribution in [2.24, 2.45) is 23.5 Å². The molecule has 44 heteroatoms. The lowest BCUT2D eigenvalue weighted by atomic mass is 10.1. The number of hydrogen-bond acceptors (Lipinski definition) is 24. The minimum atomic E-state index is -5.02. The first kappa shape index (κ1) is 67.7. The van der Waals surface area contributed by atoms with E-state index in [0.29, 0.717) is 0 Å². The maximum absolute atomic E-state index is 12.9. The van der Waals surface area contributed by atoms with Gasteiger partial charge in [0.15, 0.2) is 0 Å². The average molecular weight is 1160 g/mol. The van der Waals surface area contributed by atoms with E-state index in [2.05, 4.69) is 58.8 Å². The van der Waals surface area contributed by atoms with Crippen LogP contribution >= 0.6 is 62.6 Å². The van der Waals surface area contributed by atoms with E-state index in [-0.39, 0.29) is 17.6 Å². The number of nitrogens with one attached hydrogen (secondary N) is 1. The molecule has 0 spiro atoms. The maximum Gasteiger partial charge on any atom is 0.472 e. The van der Waals surface area contributed by atoms with Crippen molar-refractivity contribution >= 4 is 62.6 Å². The first-order chi connectivity index (χ1) is 30.4. The molecular formula is C23H59FN3O32P8+. The van der Waals surface area contributed by atoms with Crippen LogP contribution in [0.15, 0.2) is 0 Å². The zero-order valence-corrected chi connectivity index (χ0v) is 42.8. The molecule has 0 radical (unpaired) electrons. The molecule has 9 atom stereocenters. The molecular weight excluding hydrogens is 1100 g/mol. The van der Waals surface area contributed by atoms with E-state index in [0.717, 1.165) is 5.54 Å². The Hall–Kier alpha value is 0.690. The largest absolute Gasteiger partial charge is 0.472 e. The Morgan fingerprint density at radius 2 is 0.627 bits per heavy atom. The summed E-state index contributed by atoms with van der Waals surface area (Å²) in [6.45, 7) is -11.9. The molecule has 0 aromatic rings. The van der Waals surface area contributed by atoms with Crippen molar-refractivity contribution in [1.29, 1.82) is 0 Å². The Kier molecular flexibility index (Phi) is 31.8. The molecule has 0 amide bonds. The van der Waals surface area contributed by atoms with Gasteiger partial charge in [0.2, 0.25) is 0 Å². The Bertz CT molecular complexity index is 1820. The zero-order valence-electron chi connectivity index (χ0n) is 35.7. The van der Waals surface area contributed by atoms with Crippen molar-refractivity contribution in [2.75, 3.05) is 133 Å². The predicted octanol–water partition coefficient (Wildman–Crippen LogP) is -0.00580. The van der Waals surface area contributed by atoms with Crippen LogP contribution in [-0.4, -0.2) is 187 Å². The summed E-state index contributed by atoms with van der Waals surface area (Å²) in [5.41, 5.74) is 6.52. The summed E-state index contributed by atoms with van der Waals surface area (Å²) in [6.07, 6.45) is 0. The van der Waals surface area contributed by atoms with Crippen molar-refractivity contribution in [3.8, 4) is 0 Å². The van der Waals surface area contributed by atoms with Gasteiger partial charge < -0.3 is 59.2 Å². The molecule has 0 heterocycles. The summed E-state index contributed by atoms with van der Waals surface area (Å²) in [5.74, 6) is -3.03. The molecule has 0 aromatic heterocycles. The summed E-state index contributed by atoms with van der Waals surface area (Å²) >= 11 is 0. The van der Waals surface area contributed by atoms with Crippen LogP contribution in [0.1, 0.15) is 0 Å². The van der Waals surface area contributed by atoms with Gasteiger partial charge in [-0.05, 0) is 6.54 Å². The van der Waals surface area contributed by atoms with Crippen LogP contribution in [-0.2, 0) is 99.9 Å².